The number of rotatable bonds is 3. The second-order valence-corrected chi connectivity index (χ2v) is 4.05. The van der Waals surface area contributed by atoms with Gasteiger partial charge in [0.1, 0.15) is 17.6 Å². The standard InChI is InChI=1S/C11H12O2S/c1-2-8-5-6-9(13-8)11(12)10-4-3-7-14-10/h3-7,11-12H,2H2,1H3. The zero-order valence-corrected chi connectivity index (χ0v) is 8.75. The van der Waals surface area contributed by atoms with Gasteiger partial charge >= 0.3 is 0 Å². The van der Waals surface area contributed by atoms with Gasteiger partial charge in [-0.25, -0.2) is 0 Å². The fourth-order valence-electron chi connectivity index (χ4n) is 1.32. The Morgan fingerprint density at radius 1 is 1.43 bits per heavy atom. The van der Waals surface area contributed by atoms with Gasteiger partial charge in [0.05, 0.1) is 0 Å². The van der Waals surface area contributed by atoms with Crippen molar-refractivity contribution >= 4 is 11.3 Å². The Morgan fingerprint density at radius 3 is 2.86 bits per heavy atom. The first kappa shape index (κ1) is 9.49. The van der Waals surface area contributed by atoms with E-state index in [0.717, 1.165) is 17.1 Å². The van der Waals surface area contributed by atoms with Crippen LogP contribution in [0, 0.1) is 0 Å². The van der Waals surface area contributed by atoms with Crippen molar-refractivity contribution in [2.75, 3.05) is 0 Å². The number of thiophene rings is 1. The molecule has 2 aromatic rings. The second kappa shape index (κ2) is 3.98. The summed E-state index contributed by atoms with van der Waals surface area (Å²) < 4.78 is 5.48. The molecule has 0 aliphatic carbocycles. The van der Waals surface area contributed by atoms with Gasteiger partial charge < -0.3 is 9.52 Å². The third-order valence-corrected chi connectivity index (χ3v) is 3.04. The third-order valence-electron chi connectivity index (χ3n) is 2.11. The summed E-state index contributed by atoms with van der Waals surface area (Å²) in [5.74, 6) is 1.54. The molecule has 0 amide bonds. The molecular weight excluding hydrogens is 196 g/mol. The summed E-state index contributed by atoms with van der Waals surface area (Å²) in [5.41, 5.74) is 0. The Kier molecular flexibility index (Phi) is 2.70. The SMILES string of the molecule is CCc1ccc(C(O)c2cccs2)o1. The molecule has 0 bridgehead atoms. The number of aliphatic hydroxyl groups excluding tert-OH is 1. The van der Waals surface area contributed by atoms with Gasteiger partial charge in [-0.3, -0.25) is 0 Å². The molecular formula is C11H12O2S. The van der Waals surface area contributed by atoms with Crippen LogP contribution in [0.25, 0.3) is 0 Å². The first-order valence-electron chi connectivity index (χ1n) is 4.61. The lowest BCUT2D eigenvalue weighted by atomic mass is 10.2. The second-order valence-electron chi connectivity index (χ2n) is 3.08. The Hall–Kier alpha value is -1.06. The van der Waals surface area contributed by atoms with Crippen LogP contribution in [0.1, 0.15) is 29.4 Å². The van der Waals surface area contributed by atoms with Crippen molar-refractivity contribution in [2.24, 2.45) is 0 Å². The molecule has 1 unspecified atom stereocenters. The molecule has 0 saturated heterocycles. The highest BCUT2D eigenvalue weighted by atomic mass is 32.1. The molecule has 2 aromatic heterocycles. The molecule has 14 heavy (non-hydrogen) atoms. The molecule has 2 heterocycles. The lowest BCUT2D eigenvalue weighted by Gasteiger charge is -2.03. The lowest BCUT2D eigenvalue weighted by Crippen LogP contribution is -1.94. The molecule has 0 aromatic carbocycles. The Bertz CT molecular complexity index is 389. The lowest BCUT2D eigenvalue weighted by molar-refractivity contribution is 0.190. The van der Waals surface area contributed by atoms with Gasteiger partial charge in [-0.2, -0.15) is 0 Å². The smallest absolute Gasteiger partial charge is 0.146 e. The molecule has 2 rings (SSSR count). The summed E-state index contributed by atoms with van der Waals surface area (Å²) in [6.07, 6.45) is 0.243. The largest absolute Gasteiger partial charge is 0.463 e. The molecule has 0 aliphatic heterocycles. The van der Waals surface area contributed by atoms with Crippen LogP contribution in [-0.2, 0) is 6.42 Å². The molecule has 0 saturated carbocycles. The number of aliphatic hydroxyl groups is 1. The van der Waals surface area contributed by atoms with Crippen LogP contribution < -0.4 is 0 Å². The van der Waals surface area contributed by atoms with Crippen molar-refractivity contribution in [3.8, 4) is 0 Å². The van der Waals surface area contributed by atoms with E-state index in [-0.39, 0.29) is 0 Å². The van der Waals surface area contributed by atoms with Crippen molar-refractivity contribution in [3.63, 3.8) is 0 Å². The summed E-state index contributed by atoms with van der Waals surface area (Å²) in [7, 11) is 0. The van der Waals surface area contributed by atoms with Crippen LogP contribution in [0.3, 0.4) is 0 Å². The Balaban J connectivity index is 2.23. The van der Waals surface area contributed by atoms with E-state index in [0.29, 0.717) is 5.76 Å². The van der Waals surface area contributed by atoms with Gasteiger partial charge in [-0.05, 0) is 23.6 Å². The minimum atomic E-state index is -0.615. The van der Waals surface area contributed by atoms with Crippen molar-refractivity contribution < 1.29 is 9.52 Å². The average Bonchev–Trinajstić information content (AvgIpc) is 2.88. The van der Waals surface area contributed by atoms with E-state index in [9.17, 15) is 5.11 Å². The van der Waals surface area contributed by atoms with E-state index in [1.165, 1.54) is 11.3 Å². The molecule has 3 heteroatoms. The fourth-order valence-corrected chi connectivity index (χ4v) is 2.03. The topological polar surface area (TPSA) is 33.4 Å². The molecule has 0 fully saturated rings. The molecule has 1 N–H and O–H groups in total. The summed E-state index contributed by atoms with van der Waals surface area (Å²) in [4.78, 5) is 0.919. The Morgan fingerprint density at radius 2 is 2.29 bits per heavy atom. The third kappa shape index (κ3) is 1.74. The first-order valence-corrected chi connectivity index (χ1v) is 5.49. The van der Waals surface area contributed by atoms with E-state index in [4.69, 9.17) is 4.42 Å². The van der Waals surface area contributed by atoms with Gasteiger partial charge in [-0.15, -0.1) is 11.3 Å². The maximum atomic E-state index is 9.91. The van der Waals surface area contributed by atoms with Gasteiger partial charge in [0.2, 0.25) is 0 Å². The zero-order valence-electron chi connectivity index (χ0n) is 7.93. The van der Waals surface area contributed by atoms with Crippen molar-refractivity contribution in [2.45, 2.75) is 19.4 Å². The van der Waals surface area contributed by atoms with Crippen molar-refractivity contribution in [1.29, 1.82) is 0 Å². The van der Waals surface area contributed by atoms with Crippen LogP contribution in [-0.4, -0.2) is 5.11 Å². The van der Waals surface area contributed by atoms with Crippen LogP contribution in [0.2, 0.25) is 0 Å². The van der Waals surface area contributed by atoms with E-state index in [1.807, 2.05) is 36.6 Å². The molecule has 74 valence electrons. The summed E-state index contributed by atoms with van der Waals surface area (Å²) in [6, 6.07) is 7.58. The highest BCUT2D eigenvalue weighted by molar-refractivity contribution is 7.10. The minimum Gasteiger partial charge on any atom is -0.463 e. The fraction of sp³-hybridized carbons (Fsp3) is 0.273. The van der Waals surface area contributed by atoms with Gasteiger partial charge in [-0.1, -0.05) is 13.0 Å². The molecule has 0 radical (unpaired) electrons. The van der Waals surface area contributed by atoms with Crippen LogP contribution in [0.5, 0.6) is 0 Å². The molecule has 0 aliphatic rings. The predicted molar refractivity (Wildman–Crippen MR) is 56.5 cm³/mol. The van der Waals surface area contributed by atoms with E-state index in [2.05, 4.69) is 0 Å². The van der Waals surface area contributed by atoms with E-state index >= 15 is 0 Å². The number of hydrogen-bond donors (Lipinski definition) is 1. The number of hydrogen-bond acceptors (Lipinski definition) is 3. The highest BCUT2D eigenvalue weighted by Crippen LogP contribution is 2.27. The van der Waals surface area contributed by atoms with Crippen LogP contribution >= 0.6 is 11.3 Å². The van der Waals surface area contributed by atoms with Gasteiger partial charge in [0.25, 0.3) is 0 Å². The number of aryl methyl sites for hydroxylation is 1. The van der Waals surface area contributed by atoms with Crippen LogP contribution in [0.15, 0.2) is 34.1 Å². The van der Waals surface area contributed by atoms with Crippen LogP contribution in [0.4, 0.5) is 0 Å². The normalized spacial score (nSPS) is 13.0. The minimum absolute atomic E-state index is 0.615. The maximum Gasteiger partial charge on any atom is 0.146 e. The highest BCUT2D eigenvalue weighted by Gasteiger charge is 2.14. The number of furan rings is 1. The first-order chi connectivity index (χ1) is 6.81. The molecule has 1 atom stereocenters. The molecule has 0 spiro atoms. The Labute approximate surface area is 86.8 Å². The summed E-state index contributed by atoms with van der Waals surface area (Å²) >= 11 is 1.53. The summed E-state index contributed by atoms with van der Waals surface area (Å²) in [6.45, 7) is 2.03. The zero-order chi connectivity index (χ0) is 9.97. The quantitative estimate of drug-likeness (QED) is 0.841. The maximum absolute atomic E-state index is 9.91. The molecule has 2 nitrogen and oxygen atoms in total. The van der Waals surface area contributed by atoms with E-state index < -0.39 is 6.10 Å². The average molecular weight is 208 g/mol. The van der Waals surface area contributed by atoms with Crippen molar-refractivity contribution in [3.05, 3.63) is 46.0 Å². The summed E-state index contributed by atoms with van der Waals surface area (Å²) in [5, 5.41) is 11.9. The van der Waals surface area contributed by atoms with Gasteiger partial charge in [0.15, 0.2) is 0 Å². The monoisotopic (exact) mass is 208 g/mol. The van der Waals surface area contributed by atoms with Crippen molar-refractivity contribution in [1.82, 2.24) is 0 Å². The van der Waals surface area contributed by atoms with E-state index in [1.54, 1.807) is 0 Å². The van der Waals surface area contributed by atoms with Gasteiger partial charge in [0, 0.05) is 11.3 Å². The predicted octanol–water partition coefficient (Wildman–Crippen LogP) is 2.99.